The third-order valence-corrected chi connectivity index (χ3v) is 3.80. The second kappa shape index (κ2) is 11.4. The van der Waals surface area contributed by atoms with Gasteiger partial charge in [0.05, 0.1) is 0 Å². The quantitative estimate of drug-likeness (QED) is 0.347. The first-order valence-corrected chi connectivity index (χ1v) is 8.77. The molecule has 1 saturated carbocycles. The zero-order valence-electron chi connectivity index (χ0n) is 12.4. The molecule has 0 heterocycles. The SMILES string of the molecule is CN=C(NCCCCSC)NCCCOCC1CC1. The summed E-state index contributed by atoms with van der Waals surface area (Å²) < 4.78 is 5.60. The van der Waals surface area contributed by atoms with Crippen molar-refractivity contribution in [2.75, 3.05) is 45.4 Å². The molecule has 0 aromatic carbocycles. The molecule has 4 nitrogen and oxygen atoms in total. The fourth-order valence-electron chi connectivity index (χ4n) is 1.71. The summed E-state index contributed by atoms with van der Waals surface area (Å²) >= 11 is 1.91. The number of unbranched alkanes of at least 4 members (excludes halogenated alkanes) is 1. The maximum absolute atomic E-state index is 5.60. The van der Waals surface area contributed by atoms with Crippen LogP contribution in [-0.2, 0) is 4.74 Å². The molecule has 0 unspecified atom stereocenters. The molecule has 112 valence electrons. The maximum atomic E-state index is 5.60. The minimum absolute atomic E-state index is 0.855. The minimum atomic E-state index is 0.855. The average molecular weight is 287 g/mol. The van der Waals surface area contributed by atoms with Crippen LogP contribution in [0.25, 0.3) is 0 Å². The largest absolute Gasteiger partial charge is 0.381 e. The van der Waals surface area contributed by atoms with Crippen LogP contribution in [0.2, 0.25) is 0 Å². The number of ether oxygens (including phenoxy) is 1. The molecule has 1 rings (SSSR count). The second-order valence-electron chi connectivity index (χ2n) is 5.00. The fraction of sp³-hybridized carbons (Fsp3) is 0.929. The monoisotopic (exact) mass is 287 g/mol. The van der Waals surface area contributed by atoms with E-state index in [1.165, 1.54) is 31.4 Å². The van der Waals surface area contributed by atoms with E-state index < -0.39 is 0 Å². The molecule has 0 radical (unpaired) electrons. The van der Waals surface area contributed by atoms with Gasteiger partial charge in [-0.25, -0.2) is 0 Å². The van der Waals surface area contributed by atoms with Gasteiger partial charge in [-0.1, -0.05) is 0 Å². The Kier molecular flexibility index (Phi) is 9.99. The van der Waals surface area contributed by atoms with Crippen molar-refractivity contribution in [1.29, 1.82) is 0 Å². The molecule has 1 fully saturated rings. The van der Waals surface area contributed by atoms with Crippen molar-refractivity contribution in [3.63, 3.8) is 0 Å². The summed E-state index contributed by atoms with van der Waals surface area (Å²) in [6.07, 6.45) is 8.39. The summed E-state index contributed by atoms with van der Waals surface area (Å²) in [7, 11) is 1.82. The number of hydrogen-bond acceptors (Lipinski definition) is 3. The molecule has 0 aliphatic heterocycles. The Labute approximate surface area is 122 Å². The van der Waals surface area contributed by atoms with Gasteiger partial charge >= 0.3 is 0 Å². The Balaban J connectivity index is 1.86. The lowest BCUT2D eigenvalue weighted by Crippen LogP contribution is -2.38. The molecular weight excluding hydrogens is 258 g/mol. The van der Waals surface area contributed by atoms with Crippen LogP contribution >= 0.6 is 11.8 Å². The van der Waals surface area contributed by atoms with Crippen molar-refractivity contribution in [2.24, 2.45) is 10.9 Å². The smallest absolute Gasteiger partial charge is 0.190 e. The van der Waals surface area contributed by atoms with Crippen LogP contribution in [0.3, 0.4) is 0 Å². The molecule has 0 atom stereocenters. The van der Waals surface area contributed by atoms with E-state index in [0.29, 0.717) is 0 Å². The third-order valence-electron chi connectivity index (χ3n) is 3.10. The molecule has 0 bridgehead atoms. The van der Waals surface area contributed by atoms with Crippen molar-refractivity contribution < 1.29 is 4.74 Å². The van der Waals surface area contributed by atoms with Gasteiger partial charge in [-0.2, -0.15) is 11.8 Å². The van der Waals surface area contributed by atoms with E-state index in [1.54, 1.807) is 0 Å². The van der Waals surface area contributed by atoms with Crippen LogP contribution in [0.1, 0.15) is 32.1 Å². The highest BCUT2D eigenvalue weighted by atomic mass is 32.2. The Bertz CT molecular complexity index is 245. The molecule has 1 aliphatic carbocycles. The summed E-state index contributed by atoms with van der Waals surface area (Å²) in [5, 5.41) is 6.65. The topological polar surface area (TPSA) is 45.7 Å². The second-order valence-corrected chi connectivity index (χ2v) is 5.98. The van der Waals surface area contributed by atoms with Gasteiger partial charge in [-0.15, -0.1) is 0 Å². The lowest BCUT2D eigenvalue weighted by Gasteiger charge is -2.11. The molecule has 0 amide bonds. The van der Waals surface area contributed by atoms with Crippen LogP contribution in [0.5, 0.6) is 0 Å². The van der Waals surface area contributed by atoms with Crippen molar-refractivity contribution in [3.05, 3.63) is 0 Å². The standard InChI is InChI=1S/C14H29N3OS/c1-15-14(16-8-3-4-11-19-2)17-9-5-10-18-12-13-6-7-13/h13H,3-12H2,1-2H3,(H2,15,16,17). The predicted molar refractivity (Wildman–Crippen MR) is 85.1 cm³/mol. The lowest BCUT2D eigenvalue weighted by atomic mass is 10.3. The molecule has 1 aliphatic rings. The molecule has 0 aromatic rings. The zero-order valence-corrected chi connectivity index (χ0v) is 13.2. The first kappa shape index (κ1) is 16.6. The normalized spacial score (nSPS) is 15.6. The average Bonchev–Trinajstić information content (AvgIpc) is 3.24. The van der Waals surface area contributed by atoms with E-state index in [0.717, 1.165) is 44.6 Å². The Hall–Kier alpha value is -0.420. The van der Waals surface area contributed by atoms with Gasteiger partial charge in [-0.3, -0.25) is 4.99 Å². The molecular formula is C14H29N3OS. The highest BCUT2D eigenvalue weighted by Crippen LogP contribution is 2.28. The van der Waals surface area contributed by atoms with E-state index in [2.05, 4.69) is 21.9 Å². The molecule has 0 aromatic heterocycles. The van der Waals surface area contributed by atoms with Crippen LogP contribution in [0, 0.1) is 5.92 Å². The Morgan fingerprint density at radius 2 is 1.95 bits per heavy atom. The van der Waals surface area contributed by atoms with Crippen molar-refractivity contribution in [2.45, 2.75) is 32.1 Å². The van der Waals surface area contributed by atoms with E-state index in [4.69, 9.17) is 4.74 Å². The van der Waals surface area contributed by atoms with E-state index in [1.807, 2.05) is 18.8 Å². The summed E-state index contributed by atoms with van der Waals surface area (Å²) in [4.78, 5) is 4.21. The van der Waals surface area contributed by atoms with E-state index in [9.17, 15) is 0 Å². The van der Waals surface area contributed by atoms with Gasteiger partial charge in [0.15, 0.2) is 5.96 Å². The molecule has 2 N–H and O–H groups in total. The Morgan fingerprint density at radius 1 is 1.21 bits per heavy atom. The number of guanidine groups is 1. The van der Waals surface area contributed by atoms with Crippen molar-refractivity contribution in [3.8, 4) is 0 Å². The van der Waals surface area contributed by atoms with Crippen LogP contribution in [0.15, 0.2) is 4.99 Å². The van der Waals surface area contributed by atoms with Gasteiger partial charge in [0, 0.05) is 33.4 Å². The molecule has 19 heavy (non-hydrogen) atoms. The van der Waals surface area contributed by atoms with Gasteiger partial charge < -0.3 is 15.4 Å². The van der Waals surface area contributed by atoms with E-state index in [-0.39, 0.29) is 0 Å². The highest BCUT2D eigenvalue weighted by molar-refractivity contribution is 7.98. The predicted octanol–water partition coefficient (Wildman–Crippen LogP) is 2.11. The van der Waals surface area contributed by atoms with Crippen LogP contribution in [-0.4, -0.2) is 51.3 Å². The van der Waals surface area contributed by atoms with E-state index >= 15 is 0 Å². The number of aliphatic imine (C=N–C) groups is 1. The Morgan fingerprint density at radius 3 is 2.58 bits per heavy atom. The zero-order chi connectivity index (χ0) is 13.8. The summed E-state index contributed by atoms with van der Waals surface area (Å²) in [5.41, 5.74) is 0. The van der Waals surface area contributed by atoms with Gasteiger partial charge in [0.1, 0.15) is 0 Å². The minimum Gasteiger partial charge on any atom is -0.381 e. The number of hydrogen-bond donors (Lipinski definition) is 2. The van der Waals surface area contributed by atoms with Crippen molar-refractivity contribution >= 4 is 17.7 Å². The van der Waals surface area contributed by atoms with Gasteiger partial charge in [-0.05, 0) is 50.0 Å². The third kappa shape index (κ3) is 10.1. The van der Waals surface area contributed by atoms with Gasteiger partial charge in [0.2, 0.25) is 0 Å². The molecule has 5 heteroatoms. The number of rotatable bonds is 11. The number of nitrogens with one attached hydrogen (secondary N) is 2. The first-order chi connectivity index (χ1) is 9.36. The number of nitrogens with zero attached hydrogens (tertiary/aromatic N) is 1. The van der Waals surface area contributed by atoms with Crippen molar-refractivity contribution in [1.82, 2.24) is 10.6 Å². The fourth-order valence-corrected chi connectivity index (χ4v) is 2.21. The maximum Gasteiger partial charge on any atom is 0.190 e. The molecule has 0 saturated heterocycles. The lowest BCUT2D eigenvalue weighted by molar-refractivity contribution is 0.123. The van der Waals surface area contributed by atoms with Crippen LogP contribution in [0.4, 0.5) is 0 Å². The van der Waals surface area contributed by atoms with Gasteiger partial charge in [0.25, 0.3) is 0 Å². The highest BCUT2D eigenvalue weighted by Gasteiger charge is 2.20. The summed E-state index contributed by atoms with van der Waals surface area (Å²) in [5.74, 6) is 3.02. The van der Waals surface area contributed by atoms with Crippen LogP contribution < -0.4 is 10.6 Å². The summed E-state index contributed by atoms with van der Waals surface area (Å²) in [6.45, 7) is 3.74. The molecule has 0 spiro atoms. The summed E-state index contributed by atoms with van der Waals surface area (Å²) in [6, 6.07) is 0. The first-order valence-electron chi connectivity index (χ1n) is 7.38. The number of thioether (sulfide) groups is 1.